The molecule has 3 fully saturated rings. The van der Waals surface area contributed by atoms with E-state index in [4.69, 9.17) is 4.74 Å². The molecule has 2 heterocycles. The van der Waals surface area contributed by atoms with Gasteiger partial charge in [-0.2, -0.15) is 0 Å². The van der Waals surface area contributed by atoms with Gasteiger partial charge >= 0.3 is 0 Å². The monoisotopic (exact) mass is 389 g/mol. The Labute approximate surface area is 167 Å². The lowest BCUT2D eigenvalue weighted by Crippen LogP contribution is -2.65. The lowest BCUT2D eigenvalue weighted by molar-refractivity contribution is -0.125. The highest BCUT2D eigenvalue weighted by atomic mass is 19.1. The first kappa shape index (κ1) is 19.4. The van der Waals surface area contributed by atoms with Gasteiger partial charge in [-0.15, -0.1) is 0 Å². The van der Waals surface area contributed by atoms with E-state index in [1.165, 1.54) is 31.7 Å². The van der Waals surface area contributed by atoms with Gasteiger partial charge in [0.1, 0.15) is 0 Å². The lowest BCUT2D eigenvalue weighted by Gasteiger charge is -2.54. The van der Waals surface area contributed by atoms with Gasteiger partial charge in [0.15, 0.2) is 17.6 Å². The van der Waals surface area contributed by atoms with Crippen LogP contribution in [-0.4, -0.2) is 55.9 Å². The van der Waals surface area contributed by atoms with Crippen molar-refractivity contribution in [3.8, 4) is 0 Å². The molecular formula is C21H32FN5O. The molecule has 6 nitrogen and oxygen atoms in total. The van der Waals surface area contributed by atoms with E-state index in [0.29, 0.717) is 18.0 Å². The van der Waals surface area contributed by atoms with E-state index < -0.39 is 0 Å². The Balaban J connectivity index is 1.34. The summed E-state index contributed by atoms with van der Waals surface area (Å²) in [5.41, 5.74) is 0.270. The predicted octanol–water partition coefficient (Wildman–Crippen LogP) is 2.70. The van der Waals surface area contributed by atoms with Crippen molar-refractivity contribution in [2.45, 2.75) is 63.6 Å². The first-order valence-electron chi connectivity index (χ1n) is 10.6. The summed E-state index contributed by atoms with van der Waals surface area (Å²) in [7, 11) is 1.82. The number of hydrogen-bond donors (Lipinski definition) is 2. The lowest BCUT2D eigenvalue weighted by atomic mass is 9.60. The molecule has 0 bridgehead atoms. The number of nitrogens with zero attached hydrogens (tertiary/aromatic N) is 3. The van der Waals surface area contributed by atoms with Gasteiger partial charge in [0.05, 0.1) is 6.10 Å². The average Bonchev–Trinajstić information content (AvgIpc) is 3.38. The number of pyridine rings is 1. The number of nitrogens with one attached hydrogen (secondary N) is 2. The van der Waals surface area contributed by atoms with E-state index in [-0.39, 0.29) is 17.3 Å². The van der Waals surface area contributed by atoms with Gasteiger partial charge in [-0.3, -0.25) is 4.99 Å². The minimum absolute atomic E-state index is 0.231. The molecule has 2 saturated carbocycles. The fourth-order valence-corrected chi connectivity index (χ4v) is 5.30. The molecule has 3 atom stereocenters. The summed E-state index contributed by atoms with van der Waals surface area (Å²) < 4.78 is 20.0. The van der Waals surface area contributed by atoms with Crippen LogP contribution in [0.2, 0.25) is 0 Å². The molecule has 2 aliphatic carbocycles. The molecule has 3 aliphatic rings. The van der Waals surface area contributed by atoms with Gasteiger partial charge in [0, 0.05) is 50.4 Å². The minimum atomic E-state index is -0.259. The molecule has 1 aromatic heterocycles. The summed E-state index contributed by atoms with van der Waals surface area (Å²) in [6, 6.07) is 3.75. The zero-order valence-electron chi connectivity index (χ0n) is 17.0. The average molecular weight is 390 g/mol. The van der Waals surface area contributed by atoms with Gasteiger partial charge < -0.3 is 20.3 Å². The van der Waals surface area contributed by atoms with Crippen LogP contribution in [0.3, 0.4) is 0 Å². The first-order valence-corrected chi connectivity index (χ1v) is 10.6. The Morgan fingerprint density at radius 1 is 1.39 bits per heavy atom. The maximum absolute atomic E-state index is 14.0. The molecular weight excluding hydrogens is 357 g/mol. The molecule has 154 valence electrons. The van der Waals surface area contributed by atoms with Gasteiger partial charge in [-0.05, 0) is 44.7 Å². The highest BCUT2D eigenvalue weighted by Gasteiger charge is 2.57. The van der Waals surface area contributed by atoms with Crippen molar-refractivity contribution in [2.24, 2.45) is 10.4 Å². The largest absolute Gasteiger partial charge is 0.378 e. The van der Waals surface area contributed by atoms with Crippen LogP contribution in [0.1, 0.15) is 45.4 Å². The third kappa shape index (κ3) is 3.56. The molecule has 4 rings (SSSR count). The highest BCUT2D eigenvalue weighted by Crippen LogP contribution is 2.54. The molecule has 2 N–H and O–H groups in total. The van der Waals surface area contributed by atoms with Crippen molar-refractivity contribution < 1.29 is 9.13 Å². The van der Waals surface area contributed by atoms with E-state index in [9.17, 15) is 4.39 Å². The second-order valence-electron chi connectivity index (χ2n) is 8.27. The first-order chi connectivity index (χ1) is 13.7. The summed E-state index contributed by atoms with van der Waals surface area (Å²) in [6.45, 7) is 4.39. The number of guanidine groups is 1. The Morgan fingerprint density at radius 2 is 2.21 bits per heavy atom. The molecule has 0 aromatic carbocycles. The van der Waals surface area contributed by atoms with Crippen molar-refractivity contribution in [3.05, 3.63) is 24.1 Å². The van der Waals surface area contributed by atoms with Crippen molar-refractivity contribution in [2.75, 3.05) is 31.6 Å². The fourth-order valence-electron chi connectivity index (χ4n) is 5.30. The second kappa shape index (κ2) is 8.23. The molecule has 1 spiro atoms. The molecule has 0 amide bonds. The Bertz CT molecular complexity index is 706. The zero-order valence-corrected chi connectivity index (χ0v) is 17.0. The Kier molecular flexibility index (Phi) is 5.71. The van der Waals surface area contributed by atoms with E-state index in [1.807, 2.05) is 11.9 Å². The minimum Gasteiger partial charge on any atom is -0.378 e. The highest BCUT2D eigenvalue weighted by molar-refractivity contribution is 5.80. The third-order valence-corrected chi connectivity index (χ3v) is 6.79. The number of halogens is 1. The van der Waals surface area contributed by atoms with Gasteiger partial charge in [-0.1, -0.05) is 12.8 Å². The van der Waals surface area contributed by atoms with Crippen LogP contribution in [0.4, 0.5) is 10.2 Å². The van der Waals surface area contributed by atoms with Crippen molar-refractivity contribution in [1.82, 2.24) is 15.6 Å². The zero-order chi connectivity index (χ0) is 19.6. The number of ether oxygens (including phenoxy) is 1. The second-order valence-corrected chi connectivity index (χ2v) is 8.27. The van der Waals surface area contributed by atoms with E-state index in [1.54, 1.807) is 12.3 Å². The Hall–Kier alpha value is -1.89. The summed E-state index contributed by atoms with van der Waals surface area (Å²) >= 11 is 0. The summed E-state index contributed by atoms with van der Waals surface area (Å²) in [5, 5.41) is 7.21. The van der Waals surface area contributed by atoms with Gasteiger partial charge in [0.25, 0.3) is 0 Å². The third-order valence-electron chi connectivity index (χ3n) is 6.79. The number of aromatic nitrogens is 1. The number of aliphatic imine (C=N–C) groups is 1. The fraction of sp³-hybridized carbons (Fsp3) is 0.714. The molecule has 0 radical (unpaired) electrons. The smallest absolute Gasteiger partial charge is 0.191 e. The van der Waals surface area contributed by atoms with Crippen molar-refractivity contribution in [3.63, 3.8) is 0 Å². The van der Waals surface area contributed by atoms with Crippen LogP contribution in [0.15, 0.2) is 23.3 Å². The maximum Gasteiger partial charge on any atom is 0.191 e. The molecule has 1 saturated heterocycles. The molecule has 7 heteroatoms. The van der Waals surface area contributed by atoms with Crippen LogP contribution in [0.5, 0.6) is 0 Å². The molecule has 1 aliphatic heterocycles. The maximum atomic E-state index is 14.0. The summed E-state index contributed by atoms with van der Waals surface area (Å²) in [5.74, 6) is 1.03. The van der Waals surface area contributed by atoms with E-state index in [0.717, 1.165) is 38.5 Å². The van der Waals surface area contributed by atoms with Crippen LogP contribution >= 0.6 is 0 Å². The number of rotatable bonds is 5. The summed E-state index contributed by atoms with van der Waals surface area (Å²) in [6.07, 6.45) is 9.07. The number of anilines is 1. The molecule has 3 unspecified atom stereocenters. The normalized spacial score (nSPS) is 29.2. The summed E-state index contributed by atoms with van der Waals surface area (Å²) in [4.78, 5) is 10.7. The van der Waals surface area contributed by atoms with Crippen LogP contribution < -0.4 is 15.5 Å². The standard InChI is InChI=1S/C21H32FN5O/c1-3-28-18-13-17(21(18)9-4-5-10-21)26-20(23-2)25-15-8-12-27(14-15)19-16(22)7-6-11-24-19/h6-7,11,15,17-18H,3-5,8-10,12-14H2,1-2H3,(H2,23,25,26). The van der Waals surface area contributed by atoms with Crippen LogP contribution in [0.25, 0.3) is 0 Å². The van der Waals surface area contributed by atoms with Crippen LogP contribution in [0, 0.1) is 11.2 Å². The number of hydrogen-bond acceptors (Lipinski definition) is 4. The van der Waals surface area contributed by atoms with Crippen molar-refractivity contribution in [1.29, 1.82) is 0 Å². The Morgan fingerprint density at radius 3 is 2.93 bits per heavy atom. The van der Waals surface area contributed by atoms with Crippen molar-refractivity contribution >= 4 is 11.8 Å². The predicted molar refractivity (Wildman–Crippen MR) is 109 cm³/mol. The quantitative estimate of drug-likeness (QED) is 0.599. The SMILES string of the molecule is CCOC1CC(NC(=NC)NC2CCN(c3ncccc3F)C2)C12CCCC2. The molecule has 28 heavy (non-hydrogen) atoms. The van der Waals surface area contributed by atoms with E-state index in [2.05, 4.69) is 27.5 Å². The molecule has 1 aromatic rings. The van der Waals surface area contributed by atoms with Gasteiger partial charge in [-0.25, -0.2) is 9.37 Å². The van der Waals surface area contributed by atoms with E-state index >= 15 is 0 Å². The van der Waals surface area contributed by atoms with Crippen LogP contribution in [-0.2, 0) is 4.74 Å². The van der Waals surface area contributed by atoms with Gasteiger partial charge in [0.2, 0.25) is 0 Å². The topological polar surface area (TPSA) is 61.8 Å².